The highest BCUT2D eigenvalue weighted by atomic mass is 32.2. The Morgan fingerprint density at radius 3 is 2.39 bits per heavy atom. The van der Waals surface area contributed by atoms with Crippen LogP contribution in [0.2, 0.25) is 0 Å². The van der Waals surface area contributed by atoms with Gasteiger partial charge in [0, 0.05) is 28.5 Å². The van der Waals surface area contributed by atoms with Crippen LogP contribution in [0, 0.1) is 11.3 Å². The normalized spacial score (nSPS) is 12.1. The van der Waals surface area contributed by atoms with Crippen LogP contribution in [-0.2, 0) is 10.0 Å². The molecule has 3 rings (SSSR count). The van der Waals surface area contributed by atoms with Crippen LogP contribution in [0.4, 0.5) is 5.69 Å². The van der Waals surface area contributed by atoms with Gasteiger partial charge in [0.05, 0.1) is 0 Å². The minimum atomic E-state index is -3.76. The Morgan fingerprint density at radius 2 is 1.74 bits per heavy atom. The van der Waals surface area contributed by atoms with Gasteiger partial charge in [-0.2, -0.15) is 5.26 Å². The lowest BCUT2D eigenvalue weighted by atomic mass is 10.0. The maximum atomic E-state index is 11.9. The summed E-state index contributed by atoms with van der Waals surface area (Å²) in [4.78, 5) is 3.88. The third-order valence-corrected chi connectivity index (χ3v) is 7.44. The summed E-state index contributed by atoms with van der Waals surface area (Å²) in [6, 6.07) is 18.5. The van der Waals surface area contributed by atoms with Crippen molar-refractivity contribution in [1.82, 2.24) is 4.72 Å². The van der Waals surface area contributed by atoms with Gasteiger partial charge in [0.2, 0.25) is 0 Å². The van der Waals surface area contributed by atoms with E-state index in [0.717, 1.165) is 46.6 Å². The molecule has 0 saturated carbocycles. The molecule has 0 aliphatic heterocycles. The highest BCUT2D eigenvalue weighted by Gasteiger charge is 2.15. The molecule has 1 aromatic heterocycles. The topological polar surface area (TPSA) is 73.2 Å². The summed E-state index contributed by atoms with van der Waals surface area (Å²) >= 11 is 1.46. The molecule has 0 bridgehead atoms. The zero-order valence-electron chi connectivity index (χ0n) is 18.1. The molecule has 31 heavy (non-hydrogen) atoms. The fourth-order valence-corrected chi connectivity index (χ4v) is 5.13. The van der Waals surface area contributed by atoms with Gasteiger partial charge in [0.1, 0.15) is 6.07 Å². The number of anilines is 1. The van der Waals surface area contributed by atoms with Gasteiger partial charge in [-0.15, -0.1) is 11.3 Å². The summed E-state index contributed by atoms with van der Waals surface area (Å²) in [5.41, 5.74) is 2.32. The predicted molar refractivity (Wildman–Crippen MR) is 132 cm³/mol. The molecule has 162 valence electrons. The number of thiophene rings is 1. The van der Waals surface area contributed by atoms with Gasteiger partial charge >= 0.3 is 0 Å². The summed E-state index contributed by atoms with van der Waals surface area (Å²) in [7, 11) is -2.46. The molecule has 0 amide bonds. The third-order valence-electron chi connectivity index (χ3n) is 5.03. The van der Waals surface area contributed by atoms with Gasteiger partial charge in [0.15, 0.2) is 4.91 Å². The van der Waals surface area contributed by atoms with Crippen LogP contribution in [-0.4, -0.2) is 28.6 Å². The molecule has 0 aliphatic carbocycles. The van der Waals surface area contributed by atoms with Crippen molar-refractivity contribution in [2.45, 2.75) is 26.7 Å². The van der Waals surface area contributed by atoms with Gasteiger partial charge in [0.25, 0.3) is 10.0 Å². The number of nitriles is 1. The zero-order valence-corrected chi connectivity index (χ0v) is 19.7. The Balaban J connectivity index is 1.91. The first kappa shape index (κ1) is 23.0. The van der Waals surface area contributed by atoms with Gasteiger partial charge in [-0.05, 0) is 72.6 Å². The predicted octanol–water partition coefficient (Wildman–Crippen LogP) is 5.61. The van der Waals surface area contributed by atoms with E-state index in [1.165, 1.54) is 35.5 Å². The van der Waals surface area contributed by atoms with Crippen LogP contribution in [0.15, 0.2) is 53.4 Å². The number of nitrogens with zero attached hydrogens (tertiary/aromatic N) is 2. The first-order chi connectivity index (χ1) is 14.9. The summed E-state index contributed by atoms with van der Waals surface area (Å²) in [5.74, 6) is 0. The molecule has 0 unspecified atom stereocenters. The minimum Gasteiger partial charge on any atom is -0.372 e. The van der Waals surface area contributed by atoms with E-state index >= 15 is 0 Å². The van der Waals surface area contributed by atoms with Gasteiger partial charge in [-0.25, -0.2) is 13.1 Å². The summed E-state index contributed by atoms with van der Waals surface area (Å²) in [6.45, 7) is 6.51. The van der Waals surface area contributed by atoms with E-state index in [1.807, 2.05) is 12.1 Å². The second kappa shape index (κ2) is 10.1. The lowest BCUT2D eigenvalue weighted by Gasteiger charge is -2.24. The van der Waals surface area contributed by atoms with Crippen LogP contribution in [0.1, 0.15) is 31.6 Å². The van der Waals surface area contributed by atoms with Crippen molar-refractivity contribution >= 4 is 43.9 Å². The van der Waals surface area contributed by atoms with Crippen molar-refractivity contribution in [2.75, 3.05) is 25.0 Å². The molecule has 2 aromatic carbocycles. The lowest BCUT2D eigenvalue weighted by Crippen LogP contribution is -2.24. The van der Waals surface area contributed by atoms with Crippen molar-refractivity contribution in [3.8, 4) is 16.5 Å². The minimum absolute atomic E-state index is 0.293. The summed E-state index contributed by atoms with van der Waals surface area (Å²) < 4.78 is 26.0. The highest BCUT2D eigenvalue weighted by molar-refractivity contribution is 7.93. The number of nitrogens with one attached hydrogen (secondary N) is 1. The van der Waals surface area contributed by atoms with Gasteiger partial charge in [-0.1, -0.05) is 32.0 Å². The Hall–Kier alpha value is -2.66. The highest BCUT2D eigenvalue weighted by Crippen LogP contribution is 2.33. The third kappa shape index (κ3) is 5.34. The van der Waals surface area contributed by atoms with E-state index in [0.29, 0.717) is 0 Å². The molecule has 0 atom stereocenters. The molecule has 0 fully saturated rings. The summed E-state index contributed by atoms with van der Waals surface area (Å²) in [5, 5.41) is 11.5. The van der Waals surface area contributed by atoms with E-state index in [2.05, 4.69) is 59.9 Å². The van der Waals surface area contributed by atoms with E-state index in [4.69, 9.17) is 0 Å². The van der Waals surface area contributed by atoms with Crippen LogP contribution in [0.25, 0.3) is 27.3 Å². The van der Waals surface area contributed by atoms with Crippen LogP contribution in [0.5, 0.6) is 0 Å². The molecule has 0 aliphatic rings. The quantitative estimate of drug-likeness (QED) is 0.428. The zero-order chi connectivity index (χ0) is 22.4. The number of sulfonamides is 1. The number of allylic oxidation sites excluding steroid dienone is 1. The number of fused-ring (bicyclic) bond motifs is 1. The number of rotatable bonds is 9. The molecule has 1 heterocycles. The van der Waals surface area contributed by atoms with Crippen LogP contribution >= 0.6 is 11.3 Å². The molecule has 3 aromatic rings. The largest absolute Gasteiger partial charge is 0.372 e. The molecule has 0 radical (unpaired) electrons. The SMILES string of the molecule is CCCN(CCC)c1ccc2cc(-c3ccc(/C=C(\C#N)S(=O)(=O)NC)s3)ccc2c1. The molecule has 5 nitrogen and oxygen atoms in total. The standard InChI is InChI=1S/C24H27N3O2S2/c1-4-12-27(13-5-2)21-9-8-18-14-20(7-6-19(18)15-21)24-11-10-22(30-24)16-23(17-25)31(28,29)26-3/h6-11,14-16,26H,4-5,12-13H2,1-3H3/b23-16+. The van der Waals surface area contributed by atoms with Crippen molar-refractivity contribution in [2.24, 2.45) is 0 Å². The van der Waals surface area contributed by atoms with Crippen LogP contribution in [0.3, 0.4) is 0 Å². The molecule has 7 heteroatoms. The van der Waals surface area contributed by atoms with E-state index in [9.17, 15) is 13.7 Å². The molecule has 0 spiro atoms. The Kier molecular flexibility index (Phi) is 7.50. The van der Waals surface area contributed by atoms with Crippen molar-refractivity contribution in [1.29, 1.82) is 5.26 Å². The van der Waals surface area contributed by atoms with Crippen LogP contribution < -0.4 is 9.62 Å². The van der Waals surface area contributed by atoms with Gasteiger partial charge < -0.3 is 4.90 Å². The van der Waals surface area contributed by atoms with E-state index < -0.39 is 10.0 Å². The molecular formula is C24H27N3O2S2. The maximum Gasteiger partial charge on any atom is 0.250 e. The molecular weight excluding hydrogens is 426 g/mol. The van der Waals surface area contributed by atoms with Crippen molar-refractivity contribution in [3.05, 3.63) is 58.3 Å². The number of benzene rings is 2. The van der Waals surface area contributed by atoms with E-state index in [1.54, 1.807) is 6.07 Å². The monoisotopic (exact) mass is 453 g/mol. The lowest BCUT2D eigenvalue weighted by molar-refractivity contribution is 0.596. The number of hydrogen-bond donors (Lipinski definition) is 1. The first-order valence-electron chi connectivity index (χ1n) is 10.4. The fraction of sp³-hybridized carbons (Fsp3) is 0.292. The van der Waals surface area contributed by atoms with Crippen molar-refractivity contribution in [3.63, 3.8) is 0 Å². The smallest absolute Gasteiger partial charge is 0.250 e. The molecule has 1 N–H and O–H groups in total. The number of hydrogen-bond acceptors (Lipinski definition) is 5. The molecule has 0 saturated heterocycles. The second-order valence-electron chi connectivity index (χ2n) is 7.26. The maximum absolute atomic E-state index is 11.9. The van der Waals surface area contributed by atoms with E-state index in [-0.39, 0.29) is 4.91 Å². The second-order valence-corrected chi connectivity index (χ2v) is 10.2. The Morgan fingerprint density at radius 1 is 1.06 bits per heavy atom. The Labute approximate surface area is 188 Å². The Bertz CT molecular complexity index is 1230. The first-order valence-corrected chi connectivity index (χ1v) is 12.7. The fourth-order valence-electron chi connectivity index (χ4n) is 3.49. The van der Waals surface area contributed by atoms with Gasteiger partial charge in [-0.3, -0.25) is 0 Å². The average molecular weight is 454 g/mol. The average Bonchev–Trinajstić information content (AvgIpc) is 3.25. The van der Waals surface area contributed by atoms with Crippen molar-refractivity contribution < 1.29 is 8.42 Å². The summed E-state index contributed by atoms with van der Waals surface area (Å²) in [6.07, 6.45) is 3.65.